The number of anilines is 1. The predicted molar refractivity (Wildman–Crippen MR) is 71.7 cm³/mol. The molecule has 1 fully saturated rings. The highest BCUT2D eigenvalue weighted by Crippen LogP contribution is 2.36. The molecular formula is C13H17N3O3. The summed E-state index contributed by atoms with van der Waals surface area (Å²) in [6.07, 6.45) is 2.48. The van der Waals surface area contributed by atoms with Crippen LogP contribution in [0.15, 0.2) is 18.2 Å². The van der Waals surface area contributed by atoms with Crippen molar-refractivity contribution in [2.75, 3.05) is 12.3 Å². The van der Waals surface area contributed by atoms with E-state index in [1.54, 1.807) is 0 Å². The van der Waals surface area contributed by atoms with Crippen molar-refractivity contribution < 1.29 is 9.72 Å². The normalized spacial score (nSPS) is 15.8. The van der Waals surface area contributed by atoms with E-state index in [0.717, 1.165) is 5.92 Å². The molecule has 1 saturated carbocycles. The van der Waals surface area contributed by atoms with Gasteiger partial charge in [0.25, 0.3) is 11.6 Å². The fourth-order valence-electron chi connectivity index (χ4n) is 2.05. The molecule has 1 aliphatic carbocycles. The molecule has 0 bridgehead atoms. The van der Waals surface area contributed by atoms with Gasteiger partial charge < -0.3 is 11.1 Å². The Balaban J connectivity index is 1.98. The van der Waals surface area contributed by atoms with Gasteiger partial charge in [0.15, 0.2) is 0 Å². The Hall–Kier alpha value is -2.11. The average molecular weight is 263 g/mol. The summed E-state index contributed by atoms with van der Waals surface area (Å²) in [4.78, 5) is 22.0. The zero-order valence-electron chi connectivity index (χ0n) is 10.8. The molecule has 0 saturated heterocycles. The number of carbonyl (C=O) groups is 1. The monoisotopic (exact) mass is 263 g/mol. The Labute approximate surface area is 111 Å². The third-order valence-corrected chi connectivity index (χ3v) is 3.50. The van der Waals surface area contributed by atoms with Crippen molar-refractivity contribution in [1.29, 1.82) is 0 Å². The lowest BCUT2D eigenvalue weighted by molar-refractivity contribution is -0.383. The van der Waals surface area contributed by atoms with Gasteiger partial charge in [0.2, 0.25) is 0 Å². The van der Waals surface area contributed by atoms with Crippen LogP contribution in [-0.2, 0) is 0 Å². The highest BCUT2D eigenvalue weighted by Gasteiger charge is 2.28. The molecule has 1 aliphatic rings. The molecule has 0 radical (unpaired) electrons. The van der Waals surface area contributed by atoms with Crippen molar-refractivity contribution in [1.82, 2.24) is 5.32 Å². The van der Waals surface area contributed by atoms with Crippen molar-refractivity contribution in [2.24, 2.45) is 11.8 Å². The first kappa shape index (κ1) is 13.3. The number of carbonyl (C=O) groups excluding carboxylic acids is 1. The second kappa shape index (κ2) is 5.26. The topological polar surface area (TPSA) is 98.3 Å². The Kier molecular flexibility index (Phi) is 3.69. The second-order valence-electron chi connectivity index (χ2n) is 5.06. The lowest BCUT2D eigenvalue weighted by Crippen LogP contribution is -2.29. The van der Waals surface area contributed by atoms with E-state index < -0.39 is 4.92 Å². The number of nitro benzene ring substituents is 1. The average Bonchev–Trinajstić information content (AvgIpc) is 3.19. The van der Waals surface area contributed by atoms with Gasteiger partial charge in [0, 0.05) is 18.2 Å². The number of nitrogen functional groups attached to an aromatic ring is 1. The van der Waals surface area contributed by atoms with Crippen LogP contribution in [0, 0.1) is 22.0 Å². The third kappa shape index (κ3) is 3.21. The van der Waals surface area contributed by atoms with Crippen LogP contribution in [0.2, 0.25) is 0 Å². The van der Waals surface area contributed by atoms with E-state index in [-0.39, 0.29) is 17.3 Å². The van der Waals surface area contributed by atoms with Gasteiger partial charge in [-0.3, -0.25) is 14.9 Å². The quantitative estimate of drug-likeness (QED) is 0.482. The van der Waals surface area contributed by atoms with Gasteiger partial charge in [-0.25, -0.2) is 0 Å². The first-order valence-electron chi connectivity index (χ1n) is 6.31. The largest absolute Gasteiger partial charge is 0.393 e. The first-order chi connectivity index (χ1) is 8.99. The van der Waals surface area contributed by atoms with Gasteiger partial charge in [-0.1, -0.05) is 6.92 Å². The molecule has 1 amide bonds. The Morgan fingerprint density at radius 3 is 2.79 bits per heavy atom. The van der Waals surface area contributed by atoms with Gasteiger partial charge in [-0.15, -0.1) is 0 Å². The molecule has 1 atom stereocenters. The third-order valence-electron chi connectivity index (χ3n) is 3.50. The Bertz CT molecular complexity index is 512. The standard InChI is InChI=1S/C13H17N3O3/c1-8(9-2-3-9)7-15-13(17)10-4-5-12(16(18)19)11(14)6-10/h4-6,8-9H,2-3,7,14H2,1H3,(H,15,17). The minimum absolute atomic E-state index is 0.00731. The molecule has 0 aromatic heterocycles. The van der Waals surface area contributed by atoms with E-state index in [0.29, 0.717) is 18.0 Å². The van der Waals surface area contributed by atoms with Crippen LogP contribution in [0.1, 0.15) is 30.1 Å². The Morgan fingerprint density at radius 1 is 1.58 bits per heavy atom. The second-order valence-corrected chi connectivity index (χ2v) is 5.06. The molecule has 3 N–H and O–H groups in total. The summed E-state index contributed by atoms with van der Waals surface area (Å²) in [5, 5.41) is 13.5. The first-order valence-corrected chi connectivity index (χ1v) is 6.31. The fourth-order valence-corrected chi connectivity index (χ4v) is 2.05. The van der Waals surface area contributed by atoms with E-state index in [2.05, 4.69) is 12.2 Å². The zero-order chi connectivity index (χ0) is 14.0. The number of nitrogens with two attached hydrogens (primary N) is 1. The number of amides is 1. The van der Waals surface area contributed by atoms with Gasteiger partial charge in [0.05, 0.1) is 4.92 Å². The lowest BCUT2D eigenvalue weighted by atomic mass is 10.1. The number of nitrogens with zero attached hydrogens (tertiary/aromatic N) is 1. The number of nitro groups is 1. The van der Waals surface area contributed by atoms with E-state index >= 15 is 0 Å². The molecular weight excluding hydrogens is 246 g/mol. The minimum Gasteiger partial charge on any atom is -0.393 e. The summed E-state index contributed by atoms with van der Waals surface area (Å²) >= 11 is 0. The molecule has 2 rings (SSSR count). The summed E-state index contributed by atoms with van der Waals surface area (Å²) in [6, 6.07) is 4.02. The van der Waals surface area contributed by atoms with Crippen molar-refractivity contribution in [3.8, 4) is 0 Å². The van der Waals surface area contributed by atoms with Crippen LogP contribution >= 0.6 is 0 Å². The lowest BCUT2D eigenvalue weighted by Gasteiger charge is -2.11. The van der Waals surface area contributed by atoms with Crippen molar-refractivity contribution in [2.45, 2.75) is 19.8 Å². The van der Waals surface area contributed by atoms with E-state index in [1.165, 1.54) is 31.0 Å². The number of hydrogen-bond donors (Lipinski definition) is 2. The SMILES string of the molecule is CC(CNC(=O)c1ccc([N+](=O)[O-])c(N)c1)C1CC1. The molecule has 1 unspecified atom stereocenters. The predicted octanol–water partition coefficient (Wildman–Crippen LogP) is 1.95. The molecule has 6 nitrogen and oxygen atoms in total. The molecule has 1 aromatic rings. The maximum absolute atomic E-state index is 11.9. The molecule has 0 spiro atoms. The summed E-state index contributed by atoms with van der Waals surface area (Å²) in [6.45, 7) is 2.74. The van der Waals surface area contributed by atoms with Gasteiger partial charge in [-0.05, 0) is 36.8 Å². The molecule has 1 aromatic carbocycles. The smallest absolute Gasteiger partial charge is 0.292 e. The van der Waals surface area contributed by atoms with E-state index in [9.17, 15) is 14.9 Å². The van der Waals surface area contributed by atoms with Crippen LogP contribution in [0.3, 0.4) is 0 Å². The number of hydrogen-bond acceptors (Lipinski definition) is 4. The highest BCUT2D eigenvalue weighted by molar-refractivity contribution is 5.95. The minimum atomic E-state index is -0.563. The zero-order valence-corrected chi connectivity index (χ0v) is 10.8. The van der Waals surface area contributed by atoms with Crippen molar-refractivity contribution in [3.05, 3.63) is 33.9 Å². The van der Waals surface area contributed by atoms with Crippen LogP contribution < -0.4 is 11.1 Å². The maximum atomic E-state index is 11.9. The number of rotatable bonds is 5. The summed E-state index contributed by atoms with van der Waals surface area (Å²) < 4.78 is 0. The number of nitrogens with one attached hydrogen (secondary N) is 1. The van der Waals surface area contributed by atoms with Crippen molar-refractivity contribution >= 4 is 17.3 Å². The fraction of sp³-hybridized carbons (Fsp3) is 0.462. The summed E-state index contributed by atoms with van der Waals surface area (Å²) in [7, 11) is 0. The van der Waals surface area contributed by atoms with Crippen LogP contribution in [0.4, 0.5) is 11.4 Å². The van der Waals surface area contributed by atoms with Crippen molar-refractivity contribution in [3.63, 3.8) is 0 Å². The Morgan fingerprint density at radius 2 is 2.26 bits per heavy atom. The van der Waals surface area contributed by atoms with Gasteiger partial charge >= 0.3 is 0 Å². The molecule has 0 heterocycles. The molecule has 6 heteroatoms. The highest BCUT2D eigenvalue weighted by atomic mass is 16.6. The van der Waals surface area contributed by atoms with Crippen LogP contribution in [0.5, 0.6) is 0 Å². The van der Waals surface area contributed by atoms with Gasteiger partial charge in [0.1, 0.15) is 5.69 Å². The van der Waals surface area contributed by atoms with Crippen LogP contribution in [-0.4, -0.2) is 17.4 Å². The number of benzene rings is 1. The van der Waals surface area contributed by atoms with Gasteiger partial charge in [-0.2, -0.15) is 0 Å². The summed E-state index contributed by atoms with van der Waals surface area (Å²) in [5.74, 6) is 0.954. The van der Waals surface area contributed by atoms with E-state index in [1.807, 2.05) is 0 Å². The van der Waals surface area contributed by atoms with E-state index in [4.69, 9.17) is 5.73 Å². The molecule has 19 heavy (non-hydrogen) atoms. The maximum Gasteiger partial charge on any atom is 0.292 e. The summed E-state index contributed by atoms with van der Waals surface area (Å²) in [5.41, 5.74) is 5.73. The van der Waals surface area contributed by atoms with Crippen LogP contribution in [0.25, 0.3) is 0 Å². The molecule has 102 valence electrons. The molecule has 0 aliphatic heterocycles.